The third-order valence-corrected chi connectivity index (χ3v) is 3.67. The molecule has 2 aromatic carbocycles. The average molecular weight is 294 g/mol. The first-order chi connectivity index (χ1) is 10.5. The molecule has 0 aliphatic carbocycles. The fourth-order valence-corrected chi connectivity index (χ4v) is 2.38. The molecule has 2 rings (SSSR count). The highest BCUT2D eigenvalue weighted by Crippen LogP contribution is 2.30. The van der Waals surface area contributed by atoms with Crippen molar-refractivity contribution in [1.29, 1.82) is 5.26 Å². The van der Waals surface area contributed by atoms with Crippen LogP contribution in [0.15, 0.2) is 54.6 Å². The summed E-state index contributed by atoms with van der Waals surface area (Å²) in [6.07, 6.45) is 0.181. The van der Waals surface area contributed by atoms with Gasteiger partial charge in [-0.15, -0.1) is 0 Å². The summed E-state index contributed by atoms with van der Waals surface area (Å²) in [6, 6.07) is 16.9. The Balaban J connectivity index is 2.42. The van der Waals surface area contributed by atoms with E-state index < -0.39 is 10.3 Å². The van der Waals surface area contributed by atoms with Crippen molar-refractivity contribution in [2.45, 2.75) is 18.8 Å². The summed E-state index contributed by atoms with van der Waals surface area (Å²) in [5.74, 6) is -0.250. The maximum atomic E-state index is 12.1. The summed E-state index contributed by atoms with van der Waals surface area (Å²) in [5, 5.41) is 20.3. The van der Waals surface area contributed by atoms with Crippen LogP contribution in [0.4, 0.5) is 5.69 Å². The van der Waals surface area contributed by atoms with Crippen molar-refractivity contribution < 1.29 is 9.72 Å². The molecule has 2 aromatic rings. The zero-order valence-corrected chi connectivity index (χ0v) is 12.0. The summed E-state index contributed by atoms with van der Waals surface area (Å²) in [5.41, 5.74) is 0.0283. The van der Waals surface area contributed by atoms with Gasteiger partial charge < -0.3 is 0 Å². The van der Waals surface area contributed by atoms with Gasteiger partial charge in [0.05, 0.1) is 11.0 Å². The number of ketones is 1. The lowest BCUT2D eigenvalue weighted by molar-refractivity contribution is -0.384. The Labute approximate surface area is 128 Å². The average Bonchev–Trinajstić information content (AvgIpc) is 2.53. The first kappa shape index (κ1) is 15.4. The van der Waals surface area contributed by atoms with E-state index in [1.807, 2.05) is 6.07 Å². The molecular formula is C17H14N2O3. The van der Waals surface area contributed by atoms with Crippen LogP contribution in [0.3, 0.4) is 0 Å². The van der Waals surface area contributed by atoms with Crippen LogP contribution < -0.4 is 0 Å². The first-order valence-electron chi connectivity index (χ1n) is 6.71. The molecule has 0 heterocycles. The molecule has 5 nitrogen and oxygen atoms in total. The van der Waals surface area contributed by atoms with E-state index in [-0.39, 0.29) is 17.9 Å². The molecule has 0 saturated carbocycles. The number of carbonyl (C=O) groups is 1. The summed E-state index contributed by atoms with van der Waals surface area (Å²) < 4.78 is 0. The van der Waals surface area contributed by atoms with Crippen LogP contribution in [0, 0.1) is 21.4 Å². The van der Waals surface area contributed by atoms with Gasteiger partial charge in [-0.3, -0.25) is 14.9 Å². The highest BCUT2D eigenvalue weighted by Gasteiger charge is 2.37. The standard InChI is InChI=1S/C17H14N2O3/c1-13(20)17(12-18,15-5-3-2-4-6-15)11-14-7-9-16(10-8-14)19(21)22/h2-10H,11H2,1H3/t17-/m0/s1. The fraction of sp³-hybridized carbons (Fsp3) is 0.176. The van der Waals surface area contributed by atoms with Crippen LogP contribution in [0.25, 0.3) is 0 Å². The van der Waals surface area contributed by atoms with Gasteiger partial charge in [-0.2, -0.15) is 5.26 Å². The number of benzene rings is 2. The van der Waals surface area contributed by atoms with Crippen LogP contribution >= 0.6 is 0 Å². The first-order valence-corrected chi connectivity index (χ1v) is 6.71. The Kier molecular flexibility index (Phi) is 4.33. The van der Waals surface area contributed by atoms with E-state index in [2.05, 4.69) is 6.07 Å². The smallest absolute Gasteiger partial charge is 0.269 e. The molecule has 0 aliphatic rings. The number of Topliss-reactive ketones (excluding diaryl/α,β-unsaturated/α-hetero) is 1. The van der Waals surface area contributed by atoms with Crippen molar-refractivity contribution in [3.05, 3.63) is 75.8 Å². The van der Waals surface area contributed by atoms with Crippen molar-refractivity contribution in [1.82, 2.24) is 0 Å². The van der Waals surface area contributed by atoms with E-state index in [9.17, 15) is 20.2 Å². The van der Waals surface area contributed by atoms with Gasteiger partial charge in [-0.25, -0.2) is 0 Å². The van der Waals surface area contributed by atoms with E-state index in [1.165, 1.54) is 19.1 Å². The van der Waals surface area contributed by atoms with E-state index in [0.717, 1.165) is 0 Å². The Morgan fingerprint density at radius 2 is 1.77 bits per heavy atom. The molecule has 0 N–H and O–H groups in total. The fourth-order valence-electron chi connectivity index (χ4n) is 2.38. The van der Waals surface area contributed by atoms with E-state index in [1.54, 1.807) is 36.4 Å². The zero-order chi connectivity index (χ0) is 16.2. The lowest BCUT2D eigenvalue weighted by atomic mass is 9.74. The molecule has 0 fully saturated rings. The van der Waals surface area contributed by atoms with Crippen molar-refractivity contribution in [3.8, 4) is 6.07 Å². The maximum Gasteiger partial charge on any atom is 0.269 e. The van der Waals surface area contributed by atoms with Gasteiger partial charge in [-0.05, 0) is 18.1 Å². The van der Waals surface area contributed by atoms with Gasteiger partial charge in [-0.1, -0.05) is 42.5 Å². The summed E-state index contributed by atoms with van der Waals surface area (Å²) >= 11 is 0. The molecule has 0 aromatic heterocycles. The summed E-state index contributed by atoms with van der Waals surface area (Å²) in [4.78, 5) is 22.3. The van der Waals surface area contributed by atoms with E-state index in [4.69, 9.17) is 0 Å². The van der Waals surface area contributed by atoms with E-state index >= 15 is 0 Å². The van der Waals surface area contributed by atoms with Gasteiger partial charge in [0.1, 0.15) is 5.41 Å². The molecule has 0 saturated heterocycles. The Morgan fingerprint density at radius 1 is 1.18 bits per heavy atom. The normalized spacial score (nSPS) is 12.9. The van der Waals surface area contributed by atoms with Crippen LogP contribution in [0.2, 0.25) is 0 Å². The quantitative estimate of drug-likeness (QED) is 0.626. The van der Waals surface area contributed by atoms with Crippen molar-refractivity contribution in [2.75, 3.05) is 0 Å². The second-order valence-electron chi connectivity index (χ2n) is 5.04. The minimum Gasteiger partial charge on any atom is -0.298 e. The van der Waals surface area contributed by atoms with Gasteiger partial charge in [0.25, 0.3) is 5.69 Å². The SMILES string of the molecule is CC(=O)[C@@](C#N)(Cc1ccc([N+](=O)[O-])cc1)c1ccccc1. The largest absolute Gasteiger partial charge is 0.298 e. The Morgan fingerprint density at radius 3 is 2.23 bits per heavy atom. The number of carbonyl (C=O) groups excluding carboxylic acids is 1. The minimum atomic E-state index is -1.28. The van der Waals surface area contributed by atoms with Gasteiger partial charge in [0.2, 0.25) is 0 Å². The number of nitriles is 1. The number of hydrogen-bond donors (Lipinski definition) is 0. The number of rotatable bonds is 5. The maximum absolute atomic E-state index is 12.1. The number of non-ortho nitro benzene ring substituents is 1. The van der Waals surface area contributed by atoms with Crippen molar-refractivity contribution in [2.24, 2.45) is 0 Å². The second-order valence-corrected chi connectivity index (χ2v) is 5.04. The zero-order valence-electron chi connectivity index (χ0n) is 12.0. The molecule has 0 radical (unpaired) electrons. The number of hydrogen-bond acceptors (Lipinski definition) is 4. The second kappa shape index (κ2) is 6.19. The Hall–Kier alpha value is -3.00. The lowest BCUT2D eigenvalue weighted by Gasteiger charge is -2.24. The van der Waals surface area contributed by atoms with Crippen molar-refractivity contribution in [3.63, 3.8) is 0 Å². The predicted molar refractivity (Wildman–Crippen MR) is 81.2 cm³/mol. The topological polar surface area (TPSA) is 84.0 Å². The Bertz CT molecular complexity index is 733. The molecule has 22 heavy (non-hydrogen) atoms. The molecule has 110 valence electrons. The van der Waals surface area contributed by atoms with Crippen LogP contribution in [-0.2, 0) is 16.6 Å². The molecule has 0 amide bonds. The minimum absolute atomic E-state index is 0.0196. The van der Waals surface area contributed by atoms with Gasteiger partial charge in [0, 0.05) is 18.6 Å². The molecule has 0 spiro atoms. The summed E-state index contributed by atoms with van der Waals surface area (Å²) in [7, 11) is 0. The van der Waals surface area contributed by atoms with Gasteiger partial charge >= 0.3 is 0 Å². The number of nitrogens with zero attached hydrogens (tertiary/aromatic N) is 2. The number of nitro groups is 1. The highest BCUT2D eigenvalue weighted by atomic mass is 16.6. The van der Waals surface area contributed by atoms with E-state index in [0.29, 0.717) is 11.1 Å². The molecule has 0 aliphatic heterocycles. The van der Waals surface area contributed by atoms with Gasteiger partial charge in [0.15, 0.2) is 5.78 Å². The monoisotopic (exact) mass is 294 g/mol. The summed E-state index contributed by atoms with van der Waals surface area (Å²) in [6.45, 7) is 1.39. The molecular weight excluding hydrogens is 280 g/mol. The lowest BCUT2D eigenvalue weighted by Crippen LogP contribution is -2.35. The third kappa shape index (κ3) is 2.86. The van der Waals surface area contributed by atoms with Crippen LogP contribution in [0.1, 0.15) is 18.1 Å². The molecule has 0 bridgehead atoms. The van der Waals surface area contributed by atoms with Crippen LogP contribution in [-0.4, -0.2) is 10.7 Å². The highest BCUT2D eigenvalue weighted by molar-refractivity contribution is 5.91. The molecule has 0 unspecified atom stereocenters. The predicted octanol–water partition coefficient (Wildman–Crippen LogP) is 3.19. The van der Waals surface area contributed by atoms with Crippen molar-refractivity contribution >= 4 is 11.5 Å². The third-order valence-electron chi connectivity index (χ3n) is 3.67. The van der Waals surface area contributed by atoms with Crippen LogP contribution in [0.5, 0.6) is 0 Å². The number of nitro benzene ring substituents is 1. The molecule has 5 heteroatoms. The molecule has 1 atom stereocenters.